The lowest BCUT2D eigenvalue weighted by Gasteiger charge is -2.35. The average Bonchev–Trinajstić information content (AvgIpc) is 3.20. The van der Waals surface area contributed by atoms with Crippen molar-refractivity contribution in [2.75, 3.05) is 32.7 Å². The lowest BCUT2D eigenvalue weighted by molar-refractivity contribution is 0.00668. The Balaban J connectivity index is 1.50. The number of carbonyl (C=O) groups is 1. The van der Waals surface area contributed by atoms with Crippen LogP contribution in [-0.2, 0) is 0 Å². The van der Waals surface area contributed by atoms with Gasteiger partial charge in [0.1, 0.15) is 29.7 Å². The Morgan fingerprint density at radius 2 is 2.00 bits per heavy atom. The first-order valence-corrected chi connectivity index (χ1v) is 12.3. The van der Waals surface area contributed by atoms with E-state index in [1.807, 2.05) is 4.90 Å². The van der Waals surface area contributed by atoms with Crippen molar-refractivity contribution in [2.45, 2.75) is 51.5 Å². The van der Waals surface area contributed by atoms with Gasteiger partial charge in [-0.2, -0.15) is 0 Å². The molecule has 0 radical (unpaired) electrons. The maximum Gasteiger partial charge on any atom is 0.257 e. The van der Waals surface area contributed by atoms with Crippen molar-refractivity contribution in [3.05, 3.63) is 51.8 Å². The molecule has 0 aliphatic carbocycles. The van der Waals surface area contributed by atoms with E-state index in [9.17, 15) is 18.7 Å². The van der Waals surface area contributed by atoms with E-state index < -0.39 is 36.0 Å². The van der Waals surface area contributed by atoms with Crippen molar-refractivity contribution < 1.29 is 23.4 Å². The van der Waals surface area contributed by atoms with E-state index in [1.165, 1.54) is 11.0 Å². The average molecular weight is 522 g/mol. The molecule has 2 aromatic rings. The fourth-order valence-corrected chi connectivity index (χ4v) is 4.79. The molecule has 8 nitrogen and oxygen atoms in total. The number of carbonyl (C=O) groups excluding carboxylic acids is 1. The zero-order valence-electron chi connectivity index (χ0n) is 20.5. The van der Waals surface area contributed by atoms with Crippen LogP contribution in [-0.4, -0.2) is 87.6 Å². The third-order valence-electron chi connectivity index (χ3n) is 6.52. The van der Waals surface area contributed by atoms with Crippen molar-refractivity contribution in [1.29, 1.82) is 5.41 Å². The molecule has 194 valence electrons. The minimum Gasteiger partial charge on any atom is -0.486 e. The summed E-state index contributed by atoms with van der Waals surface area (Å²) in [7, 11) is 0. The number of piperidine rings is 1. The summed E-state index contributed by atoms with van der Waals surface area (Å²) >= 11 is 6.17. The summed E-state index contributed by atoms with van der Waals surface area (Å²) in [6.07, 6.45) is -2.44. The lowest BCUT2D eigenvalue weighted by Crippen LogP contribution is -2.48. The van der Waals surface area contributed by atoms with Crippen molar-refractivity contribution in [2.24, 2.45) is 0 Å². The van der Waals surface area contributed by atoms with Gasteiger partial charge >= 0.3 is 0 Å². The van der Waals surface area contributed by atoms with Crippen molar-refractivity contribution >= 4 is 23.2 Å². The third kappa shape index (κ3) is 5.66. The number of rotatable bonds is 6. The summed E-state index contributed by atoms with van der Waals surface area (Å²) in [6, 6.07) is 3.58. The second-order valence-corrected chi connectivity index (χ2v) is 9.92. The zero-order chi connectivity index (χ0) is 26.1. The number of likely N-dealkylation sites (tertiary alicyclic amines) is 2. The van der Waals surface area contributed by atoms with Gasteiger partial charge in [-0.15, -0.1) is 0 Å². The second kappa shape index (κ2) is 10.7. The van der Waals surface area contributed by atoms with Gasteiger partial charge in [-0.3, -0.25) is 9.69 Å². The lowest BCUT2D eigenvalue weighted by atomic mass is 10.0. The second-order valence-electron chi connectivity index (χ2n) is 9.54. The van der Waals surface area contributed by atoms with Crippen LogP contribution in [0.1, 0.15) is 46.8 Å². The molecule has 0 saturated carbocycles. The van der Waals surface area contributed by atoms with Gasteiger partial charge < -0.3 is 20.2 Å². The molecule has 3 heterocycles. The number of aryl methyl sites for hydroxylation is 2. The molecule has 2 aliphatic heterocycles. The Morgan fingerprint density at radius 1 is 1.31 bits per heavy atom. The van der Waals surface area contributed by atoms with Crippen LogP contribution in [0.15, 0.2) is 18.2 Å². The first-order chi connectivity index (χ1) is 17.0. The number of nitrogens with zero attached hydrogens (tertiary/aromatic N) is 4. The van der Waals surface area contributed by atoms with Crippen molar-refractivity contribution in [1.82, 2.24) is 19.8 Å². The summed E-state index contributed by atoms with van der Waals surface area (Å²) in [6.45, 7) is 6.36. The largest absolute Gasteiger partial charge is 0.486 e. The maximum absolute atomic E-state index is 14.9. The highest BCUT2D eigenvalue weighted by molar-refractivity contribution is 6.31. The van der Waals surface area contributed by atoms with E-state index in [4.69, 9.17) is 21.7 Å². The fourth-order valence-electron chi connectivity index (χ4n) is 4.71. The van der Waals surface area contributed by atoms with E-state index in [0.717, 1.165) is 12.1 Å². The normalized spacial score (nSPS) is 23.7. The molecular formula is C25H30ClF2N5O3. The molecule has 0 spiro atoms. The van der Waals surface area contributed by atoms with Gasteiger partial charge in [0.2, 0.25) is 0 Å². The Bertz CT molecular complexity index is 1140. The molecule has 0 bridgehead atoms. The number of benzene rings is 1. The predicted molar refractivity (Wildman–Crippen MR) is 131 cm³/mol. The first kappa shape index (κ1) is 26.4. The molecule has 36 heavy (non-hydrogen) atoms. The van der Waals surface area contributed by atoms with E-state index in [-0.39, 0.29) is 36.7 Å². The fraction of sp³-hybridized carbons (Fsp3) is 0.520. The predicted octanol–water partition coefficient (Wildman–Crippen LogP) is 3.32. The highest BCUT2D eigenvalue weighted by Gasteiger charge is 2.37. The standard InChI is InChI=1S/C25H30ClF2N5O3/c1-13(34)9-32-7-6-21(19(28)11-32)36-22-8-16(27)4-5-17(22)25(35)33-10-18(20(29)12-33)24-30-14(2)23(26)15(3)31-24/h4-5,8,13,18-19,21,29,34H,6-7,9-12H2,1-3H3. The molecule has 4 rings (SSSR count). The van der Waals surface area contributed by atoms with Gasteiger partial charge in [-0.05, 0) is 39.3 Å². The number of hydrogen-bond donors (Lipinski definition) is 2. The number of aliphatic hydroxyl groups is 1. The number of aliphatic hydroxyl groups excluding tert-OH is 1. The molecule has 1 aromatic carbocycles. The molecule has 2 saturated heterocycles. The summed E-state index contributed by atoms with van der Waals surface area (Å²) in [5.74, 6) is -1.13. The van der Waals surface area contributed by atoms with Gasteiger partial charge in [0.15, 0.2) is 0 Å². The van der Waals surface area contributed by atoms with Crippen LogP contribution >= 0.6 is 11.6 Å². The molecule has 2 fully saturated rings. The van der Waals surface area contributed by atoms with E-state index in [2.05, 4.69) is 9.97 Å². The smallest absolute Gasteiger partial charge is 0.257 e. The van der Waals surface area contributed by atoms with Gasteiger partial charge in [0.05, 0.1) is 40.5 Å². The Kier molecular flexibility index (Phi) is 7.87. The van der Waals surface area contributed by atoms with Crippen LogP contribution in [0.25, 0.3) is 0 Å². The van der Waals surface area contributed by atoms with Gasteiger partial charge in [-0.1, -0.05) is 11.6 Å². The Morgan fingerprint density at radius 3 is 2.64 bits per heavy atom. The number of hydrogen-bond acceptors (Lipinski definition) is 7. The molecule has 4 unspecified atom stereocenters. The number of aromatic nitrogens is 2. The van der Waals surface area contributed by atoms with Crippen LogP contribution in [0.5, 0.6) is 5.75 Å². The van der Waals surface area contributed by atoms with Crippen LogP contribution < -0.4 is 4.74 Å². The van der Waals surface area contributed by atoms with Gasteiger partial charge in [-0.25, -0.2) is 18.7 Å². The quantitative estimate of drug-likeness (QED) is 0.604. The van der Waals surface area contributed by atoms with E-state index in [0.29, 0.717) is 41.7 Å². The molecular weight excluding hydrogens is 492 g/mol. The minimum absolute atomic E-state index is 0.0268. The number of nitrogens with one attached hydrogen (secondary N) is 1. The van der Waals surface area contributed by atoms with Gasteiger partial charge in [0.25, 0.3) is 5.91 Å². The molecule has 4 atom stereocenters. The number of alkyl halides is 1. The molecule has 1 amide bonds. The summed E-state index contributed by atoms with van der Waals surface area (Å²) in [5, 5.41) is 18.5. The SMILES string of the molecule is Cc1nc(C2CN(C(=O)c3ccc(F)cc3OC3CCN(CC(C)O)CC3F)CC2=N)nc(C)c1Cl. The van der Waals surface area contributed by atoms with Crippen LogP contribution in [0, 0.1) is 25.1 Å². The summed E-state index contributed by atoms with van der Waals surface area (Å²) < 4.78 is 34.8. The molecule has 2 aliphatic rings. The highest BCUT2D eigenvalue weighted by atomic mass is 35.5. The molecule has 1 aromatic heterocycles. The Hall–Kier alpha value is -2.69. The van der Waals surface area contributed by atoms with Crippen molar-refractivity contribution in [3.8, 4) is 5.75 Å². The van der Waals surface area contributed by atoms with Crippen molar-refractivity contribution in [3.63, 3.8) is 0 Å². The van der Waals surface area contributed by atoms with E-state index >= 15 is 0 Å². The third-order valence-corrected chi connectivity index (χ3v) is 7.07. The minimum atomic E-state index is -1.36. The number of amides is 1. The summed E-state index contributed by atoms with van der Waals surface area (Å²) in [4.78, 5) is 25.5. The number of ether oxygens (including phenoxy) is 1. The Labute approximate surface area is 213 Å². The number of β-amino-alcohol motifs (C(OH)–C–C–N with tert-alkyl or cyclic N) is 1. The van der Waals surface area contributed by atoms with E-state index in [1.54, 1.807) is 20.8 Å². The van der Waals surface area contributed by atoms with Crippen LogP contribution in [0.4, 0.5) is 8.78 Å². The molecule has 2 N–H and O–H groups in total. The summed E-state index contributed by atoms with van der Waals surface area (Å²) in [5.41, 5.74) is 1.59. The first-order valence-electron chi connectivity index (χ1n) is 11.9. The monoisotopic (exact) mass is 521 g/mol. The number of halogens is 3. The molecule has 11 heteroatoms. The zero-order valence-corrected chi connectivity index (χ0v) is 21.2. The van der Waals surface area contributed by atoms with Gasteiger partial charge in [0, 0.05) is 38.0 Å². The maximum atomic E-state index is 14.9. The highest BCUT2D eigenvalue weighted by Crippen LogP contribution is 2.30. The topological polar surface area (TPSA) is 103 Å². The van der Waals surface area contributed by atoms with Crippen LogP contribution in [0.3, 0.4) is 0 Å². The van der Waals surface area contributed by atoms with Crippen LogP contribution in [0.2, 0.25) is 5.02 Å².